The second-order valence-corrected chi connectivity index (χ2v) is 21.7. The van der Waals surface area contributed by atoms with Gasteiger partial charge >= 0.3 is 0 Å². The zero-order chi connectivity index (χ0) is 26.6. The van der Waals surface area contributed by atoms with Crippen molar-refractivity contribution in [1.82, 2.24) is 0 Å². The Morgan fingerprint density at radius 2 is 1.57 bits per heavy atom. The summed E-state index contributed by atoms with van der Waals surface area (Å²) >= 11 is 0. The van der Waals surface area contributed by atoms with Crippen molar-refractivity contribution in [2.75, 3.05) is 6.61 Å². The molecule has 2 aliphatic heterocycles. The van der Waals surface area contributed by atoms with Crippen molar-refractivity contribution >= 4 is 8.32 Å². The standard InChI is InChI=1S/C33H58O3Si/c1-21-12-17-33(34-20-21)22(2)29-28(35-33)19-27-25-11-10-23-18-24(36-37(8,9)30(3,4)5)13-15-31(23,6)26(25)14-16-32(27,29)7/h21-29H,10-20H2,1-9H3/t21-,22-,23+,24-,25+,26-,27-,28-,29-,31-,32-,33+/m0/s1. The first-order chi connectivity index (χ1) is 17.2. The molecule has 1 spiro atoms. The first-order valence-electron chi connectivity index (χ1n) is 16.2. The average molecular weight is 531 g/mol. The van der Waals surface area contributed by atoms with E-state index in [1.807, 2.05) is 0 Å². The highest BCUT2D eigenvalue weighted by Crippen LogP contribution is 2.71. The zero-order valence-electron chi connectivity index (χ0n) is 25.7. The van der Waals surface area contributed by atoms with Crippen molar-refractivity contribution in [3.63, 3.8) is 0 Å². The number of fused-ring (bicyclic) bond motifs is 7. The molecule has 2 heterocycles. The SMILES string of the molecule is C[C@H]1CC[C@@]2(OC1)O[C@H]1C[C@H]3[C@@H]4CC[C@@H]5C[C@@H](O[Si](C)(C)C(C)(C)C)CC[C@]5(C)[C@H]4CC[C@]3(C)[C@H]1[C@@H]2C. The Kier molecular flexibility index (Phi) is 6.48. The lowest BCUT2D eigenvalue weighted by atomic mass is 9.44. The maximum Gasteiger partial charge on any atom is 0.192 e. The van der Waals surface area contributed by atoms with E-state index in [4.69, 9.17) is 13.9 Å². The second-order valence-electron chi connectivity index (χ2n) is 16.9. The van der Waals surface area contributed by atoms with Crippen molar-refractivity contribution in [2.24, 2.45) is 52.3 Å². The molecule has 0 aromatic carbocycles. The van der Waals surface area contributed by atoms with Crippen LogP contribution < -0.4 is 0 Å². The third kappa shape index (κ3) is 4.03. The summed E-state index contributed by atoms with van der Waals surface area (Å²) in [6.07, 6.45) is 14.3. The monoisotopic (exact) mass is 530 g/mol. The maximum absolute atomic E-state index is 7.00. The molecule has 0 radical (unpaired) electrons. The second kappa shape index (κ2) is 8.80. The Hall–Kier alpha value is 0.0969. The first-order valence-corrected chi connectivity index (χ1v) is 19.1. The number of hydrogen-bond acceptors (Lipinski definition) is 3. The van der Waals surface area contributed by atoms with Gasteiger partial charge in [0, 0.05) is 18.4 Å². The van der Waals surface area contributed by atoms with Crippen LogP contribution >= 0.6 is 0 Å². The lowest BCUT2D eigenvalue weighted by molar-refractivity contribution is -0.273. The van der Waals surface area contributed by atoms with Crippen LogP contribution in [0.15, 0.2) is 0 Å². The Morgan fingerprint density at radius 3 is 2.24 bits per heavy atom. The van der Waals surface area contributed by atoms with Gasteiger partial charge in [0.15, 0.2) is 14.1 Å². The van der Waals surface area contributed by atoms with Crippen LogP contribution in [0, 0.1) is 52.3 Å². The number of rotatable bonds is 2. The Morgan fingerprint density at radius 1 is 0.838 bits per heavy atom. The van der Waals surface area contributed by atoms with Crippen LogP contribution in [0.4, 0.5) is 0 Å². The van der Waals surface area contributed by atoms with Crippen LogP contribution in [0.3, 0.4) is 0 Å². The Balaban J connectivity index is 1.17. The predicted molar refractivity (Wildman–Crippen MR) is 154 cm³/mol. The first kappa shape index (κ1) is 27.3. The minimum atomic E-state index is -1.70. The third-order valence-corrected chi connectivity index (χ3v) is 18.7. The van der Waals surface area contributed by atoms with Crippen molar-refractivity contribution in [1.29, 1.82) is 0 Å². The number of hydrogen-bond donors (Lipinski definition) is 0. The molecule has 212 valence electrons. The van der Waals surface area contributed by atoms with Crippen LogP contribution in [0.5, 0.6) is 0 Å². The fraction of sp³-hybridized carbons (Fsp3) is 1.00. The summed E-state index contributed by atoms with van der Waals surface area (Å²) < 4.78 is 20.5. The van der Waals surface area contributed by atoms with E-state index in [1.165, 1.54) is 57.8 Å². The molecule has 0 N–H and O–H groups in total. The molecule has 6 aliphatic rings. The highest BCUT2D eigenvalue weighted by atomic mass is 28.4. The molecule has 6 fully saturated rings. The molecule has 12 atom stereocenters. The van der Waals surface area contributed by atoms with Gasteiger partial charge in [-0.05, 0) is 122 Å². The highest BCUT2D eigenvalue weighted by Gasteiger charge is 2.69. The van der Waals surface area contributed by atoms with Gasteiger partial charge in [-0.15, -0.1) is 0 Å². The van der Waals surface area contributed by atoms with Crippen LogP contribution in [0.2, 0.25) is 18.1 Å². The highest BCUT2D eigenvalue weighted by molar-refractivity contribution is 6.74. The van der Waals surface area contributed by atoms with Gasteiger partial charge in [0.25, 0.3) is 0 Å². The molecule has 4 aliphatic carbocycles. The summed E-state index contributed by atoms with van der Waals surface area (Å²) in [4.78, 5) is 0. The molecular formula is C33H58O3Si. The van der Waals surface area contributed by atoms with E-state index < -0.39 is 8.32 Å². The van der Waals surface area contributed by atoms with E-state index in [0.29, 0.717) is 45.8 Å². The molecule has 4 heteroatoms. The fourth-order valence-electron chi connectivity index (χ4n) is 10.9. The lowest BCUT2D eigenvalue weighted by Gasteiger charge is -2.61. The van der Waals surface area contributed by atoms with Gasteiger partial charge in [0.1, 0.15) is 0 Å². The van der Waals surface area contributed by atoms with Crippen molar-refractivity contribution in [2.45, 2.75) is 149 Å². The molecule has 37 heavy (non-hydrogen) atoms. The molecular weight excluding hydrogens is 472 g/mol. The van der Waals surface area contributed by atoms with Crippen LogP contribution in [-0.4, -0.2) is 32.9 Å². The van der Waals surface area contributed by atoms with Gasteiger partial charge in [-0.3, -0.25) is 0 Å². The third-order valence-electron chi connectivity index (χ3n) is 14.2. The quantitative estimate of drug-likeness (QED) is 0.334. The van der Waals surface area contributed by atoms with Gasteiger partial charge < -0.3 is 13.9 Å². The van der Waals surface area contributed by atoms with E-state index in [-0.39, 0.29) is 5.79 Å². The molecule has 0 amide bonds. The largest absolute Gasteiger partial charge is 0.414 e. The van der Waals surface area contributed by atoms with E-state index in [1.54, 1.807) is 0 Å². The summed E-state index contributed by atoms with van der Waals surface area (Å²) in [5, 5.41) is 0.304. The van der Waals surface area contributed by atoms with Gasteiger partial charge in [0.2, 0.25) is 0 Å². The van der Waals surface area contributed by atoms with E-state index in [0.717, 1.165) is 36.7 Å². The minimum Gasteiger partial charge on any atom is -0.414 e. The van der Waals surface area contributed by atoms with Crippen molar-refractivity contribution in [3.8, 4) is 0 Å². The summed E-state index contributed by atoms with van der Waals surface area (Å²) in [6, 6.07) is 0. The fourth-order valence-corrected chi connectivity index (χ4v) is 12.3. The normalized spacial score (nSPS) is 53.9. The van der Waals surface area contributed by atoms with Gasteiger partial charge in [-0.25, -0.2) is 0 Å². The summed E-state index contributed by atoms with van der Waals surface area (Å²) in [6.45, 7) is 23.2. The Labute approximate surface area is 229 Å². The summed E-state index contributed by atoms with van der Waals surface area (Å²) in [5.41, 5.74) is 0.957. The van der Waals surface area contributed by atoms with Gasteiger partial charge in [-0.1, -0.05) is 48.5 Å². The lowest BCUT2D eigenvalue weighted by Crippen LogP contribution is -2.56. The van der Waals surface area contributed by atoms with Crippen molar-refractivity contribution < 1.29 is 13.9 Å². The minimum absolute atomic E-state index is 0.279. The van der Waals surface area contributed by atoms with E-state index >= 15 is 0 Å². The molecule has 2 saturated heterocycles. The van der Waals surface area contributed by atoms with E-state index in [2.05, 4.69) is 61.6 Å². The number of ether oxygens (including phenoxy) is 2. The molecule has 0 aromatic heterocycles. The molecule has 3 nitrogen and oxygen atoms in total. The zero-order valence-corrected chi connectivity index (χ0v) is 26.7. The van der Waals surface area contributed by atoms with Crippen molar-refractivity contribution in [3.05, 3.63) is 0 Å². The average Bonchev–Trinajstić information content (AvgIpc) is 3.25. The predicted octanol–water partition coefficient (Wildman–Crippen LogP) is 8.82. The summed E-state index contributed by atoms with van der Waals surface area (Å²) in [5.74, 6) is 5.15. The molecule has 0 aromatic rings. The van der Waals surface area contributed by atoms with Crippen LogP contribution in [0.25, 0.3) is 0 Å². The molecule has 4 saturated carbocycles. The van der Waals surface area contributed by atoms with Crippen LogP contribution in [-0.2, 0) is 13.9 Å². The smallest absolute Gasteiger partial charge is 0.192 e. The molecule has 6 rings (SSSR count). The van der Waals surface area contributed by atoms with Crippen LogP contribution in [0.1, 0.15) is 113 Å². The topological polar surface area (TPSA) is 27.7 Å². The summed E-state index contributed by atoms with van der Waals surface area (Å²) in [7, 11) is -1.70. The molecule has 0 unspecified atom stereocenters. The van der Waals surface area contributed by atoms with Gasteiger partial charge in [-0.2, -0.15) is 0 Å². The maximum atomic E-state index is 7.00. The molecule has 0 bridgehead atoms. The van der Waals surface area contributed by atoms with E-state index in [9.17, 15) is 0 Å². The Bertz CT molecular complexity index is 871. The van der Waals surface area contributed by atoms with Gasteiger partial charge in [0.05, 0.1) is 12.7 Å².